The third-order valence-electron chi connectivity index (χ3n) is 8.18. The monoisotopic (exact) mass is 500 g/mol. The summed E-state index contributed by atoms with van der Waals surface area (Å²) in [7, 11) is 0. The van der Waals surface area contributed by atoms with Crippen molar-refractivity contribution in [3.05, 3.63) is 133 Å². The van der Waals surface area contributed by atoms with Crippen LogP contribution < -0.4 is 9.48 Å². The van der Waals surface area contributed by atoms with E-state index in [1.54, 1.807) is 0 Å². The van der Waals surface area contributed by atoms with Crippen LogP contribution in [-0.4, -0.2) is 16.7 Å². The van der Waals surface area contributed by atoms with Crippen molar-refractivity contribution in [1.82, 2.24) is 9.56 Å². The Morgan fingerprint density at radius 2 is 1.59 bits per heavy atom. The number of fused-ring (bicyclic) bond motifs is 9. The summed E-state index contributed by atoms with van der Waals surface area (Å²) in [5.41, 5.74) is 12.4. The van der Waals surface area contributed by atoms with E-state index in [4.69, 9.17) is 4.42 Å². The Morgan fingerprint density at radius 1 is 0.744 bits per heavy atom. The molecule has 0 saturated heterocycles. The molecule has 4 heteroatoms. The van der Waals surface area contributed by atoms with Gasteiger partial charge in [0.15, 0.2) is 0 Å². The van der Waals surface area contributed by atoms with Crippen molar-refractivity contribution >= 4 is 56.0 Å². The number of hydrogen-bond acceptors (Lipinski definition) is 3. The zero-order valence-corrected chi connectivity index (χ0v) is 21.0. The van der Waals surface area contributed by atoms with Crippen LogP contribution in [0.1, 0.15) is 5.56 Å². The van der Waals surface area contributed by atoms with Gasteiger partial charge in [0, 0.05) is 52.4 Å². The van der Waals surface area contributed by atoms with Gasteiger partial charge < -0.3 is 9.32 Å². The van der Waals surface area contributed by atoms with Gasteiger partial charge in [-0.15, -0.1) is 0 Å². The number of furan rings is 1. The van der Waals surface area contributed by atoms with E-state index < -0.39 is 0 Å². The summed E-state index contributed by atoms with van der Waals surface area (Å²) in [6, 6.07) is 36.3. The molecule has 4 nitrogen and oxygen atoms in total. The normalized spacial score (nSPS) is 16.9. The Balaban J connectivity index is 1.28. The van der Waals surface area contributed by atoms with E-state index in [9.17, 15) is 0 Å². The van der Waals surface area contributed by atoms with Gasteiger partial charge in [0.1, 0.15) is 22.9 Å². The first-order valence-electron chi connectivity index (χ1n) is 13.3. The Kier molecular flexibility index (Phi) is 4.08. The summed E-state index contributed by atoms with van der Waals surface area (Å²) in [6.07, 6.45) is 8.53. The molecule has 2 aromatic heterocycles. The zero-order chi connectivity index (χ0) is 25.5. The molecule has 9 rings (SSSR count). The van der Waals surface area contributed by atoms with E-state index in [1.807, 2.05) is 30.5 Å². The largest absolute Gasteiger partial charge is 0.455 e. The van der Waals surface area contributed by atoms with Crippen LogP contribution in [0.2, 0.25) is 0 Å². The quantitative estimate of drug-likeness (QED) is 0.224. The molecular formula is C35H22N3O+. The van der Waals surface area contributed by atoms with Crippen molar-refractivity contribution in [2.45, 2.75) is 6.04 Å². The van der Waals surface area contributed by atoms with Crippen LogP contribution in [0.3, 0.4) is 0 Å². The van der Waals surface area contributed by atoms with Crippen molar-refractivity contribution in [3.8, 4) is 11.3 Å². The van der Waals surface area contributed by atoms with Gasteiger partial charge in [-0.05, 0) is 54.1 Å². The van der Waals surface area contributed by atoms with Gasteiger partial charge in [-0.1, -0.05) is 48.6 Å². The molecule has 39 heavy (non-hydrogen) atoms. The van der Waals surface area contributed by atoms with Gasteiger partial charge in [-0.3, -0.25) is 4.98 Å². The molecule has 2 aliphatic heterocycles. The number of aromatic nitrogens is 1. The molecule has 0 spiro atoms. The van der Waals surface area contributed by atoms with Crippen LogP contribution in [0.15, 0.2) is 132 Å². The summed E-state index contributed by atoms with van der Waals surface area (Å²) < 4.78 is 8.93. The highest BCUT2D eigenvalue weighted by atomic mass is 16.3. The van der Waals surface area contributed by atoms with Crippen molar-refractivity contribution in [2.24, 2.45) is 0 Å². The summed E-state index contributed by atoms with van der Waals surface area (Å²) in [5, 5.41) is 2.32. The Bertz CT molecular complexity index is 2060. The lowest BCUT2D eigenvalue weighted by Gasteiger charge is -2.32. The number of allylic oxidation sites excluding steroid dienone is 2. The van der Waals surface area contributed by atoms with Crippen molar-refractivity contribution in [1.29, 1.82) is 0 Å². The number of para-hydroxylation sites is 3. The second-order valence-corrected chi connectivity index (χ2v) is 10.2. The van der Waals surface area contributed by atoms with Gasteiger partial charge in [-0.2, -0.15) is 4.58 Å². The maximum Gasteiger partial charge on any atom is 0.235 e. The smallest absolute Gasteiger partial charge is 0.235 e. The second kappa shape index (κ2) is 7.65. The van der Waals surface area contributed by atoms with Crippen LogP contribution >= 0.6 is 0 Å². The fourth-order valence-electron chi connectivity index (χ4n) is 6.55. The van der Waals surface area contributed by atoms with Crippen molar-refractivity contribution in [2.75, 3.05) is 4.90 Å². The fraction of sp³-hybridized carbons (Fsp3) is 0.0286. The lowest BCUT2D eigenvalue weighted by Crippen LogP contribution is -2.43. The van der Waals surface area contributed by atoms with E-state index in [1.165, 1.54) is 28.2 Å². The van der Waals surface area contributed by atoms with E-state index in [0.717, 1.165) is 44.6 Å². The van der Waals surface area contributed by atoms with Crippen LogP contribution in [0, 0.1) is 0 Å². The molecule has 0 radical (unpaired) electrons. The van der Waals surface area contributed by atoms with Crippen LogP contribution in [0.5, 0.6) is 0 Å². The maximum absolute atomic E-state index is 6.53. The highest BCUT2D eigenvalue weighted by molar-refractivity contribution is 6.24. The van der Waals surface area contributed by atoms with Crippen molar-refractivity contribution in [3.63, 3.8) is 0 Å². The van der Waals surface area contributed by atoms with E-state index in [2.05, 4.69) is 112 Å². The van der Waals surface area contributed by atoms with Gasteiger partial charge in [0.05, 0.1) is 11.4 Å². The van der Waals surface area contributed by atoms with Crippen LogP contribution in [0.4, 0.5) is 22.7 Å². The number of hydrogen-bond donors (Lipinski definition) is 0. The highest BCUT2D eigenvalue weighted by Gasteiger charge is 2.49. The van der Waals surface area contributed by atoms with Gasteiger partial charge in [0.25, 0.3) is 0 Å². The molecule has 0 N–H and O–H groups in total. The second-order valence-electron chi connectivity index (χ2n) is 10.2. The average molecular weight is 501 g/mol. The van der Waals surface area contributed by atoms with Gasteiger partial charge in [-0.25, -0.2) is 0 Å². The van der Waals surface area contributed by atoms with Gasteiger partial charge in [0.2, 0.25) is 17.1 Å². The lowest BCUT2D eigenvalue weighted by molar-refractivity contribution is 0.668. The summed E-state index contributed by atoms with van der Waals surface area (Å²) >= 11 is 0. The molecule has 6 aromatic rings. The van der Waals surface area contributed by atoms with E-state index in [0.29, 0.717) is 0 Å². The first-order chi connectivity index (χ1) is 19.4. The highest BCUT2D eigenvalue weighted by Crippen LogP contribution is 2.54. The third-order valence-corrected chi connectivity index (χ3v) is 8.18. The SMILES string of the molecule is C1=CC2=[N+](c3ccc(-c4ccccn4)cc3)c3ccccc3N3c4ccc5c(oc6ccccc65)c4C(=C1)C23. The standard InChI is InChI=1S/C35H22N3O/c1-4-14-32-24(8-1)25-19-20-30-33(35(25)39-32)26-9-7-13-31-34(26)38(30)29-12-3-2-11-28(29)37(31)23-17-15-22(16-18-23)27-10-5-6-21-36-27/h1-21,34H/q+1. The predicted octanol–water partition coefficient (Wildman–Crippen LogP) is 8.41. The molecule has 1 unspecified atom stereocenters. The molecule has 1 atom stereocenters. The summed E-state index contributed by atoms with van der Waals surface area (Å²) in [5.74, 6) is 0. The van der Waals surface area contributed by atoms with E-state index >= 15 is 0 Å². The lowest BCUT2D eigenvalue weighted by atomic mass is 9.91. The van der Waals surface area contributed by atoms with Gasteiger partial charge >= 0.3 is 0 Å². The minimum atomic E-state index is 0.0641. The molecule has 1 aliphatic carbocycles. The molecule has 0 amide bonds. The maximum atomic E-state index is 6.53. The number of benzene rings is 4. The molecule has 0 fully saturated rings. The van der Waals surface area contributed by atoms with Crippen LogP contribution in [-0.2, 0) is 0 Å². The van der Waals surface area contributed by atoms with Crippen LogP contribution in [0.25, 0.3) is 38.8 Å². The fourth-order valence-corrected chi connectivity index (χ4v) is 6.55. The molecule has 182 valence electrons. The first kappa shape index (κ1) is 20.8. The Hall–Kier alpha value is -5.22. The minimum absolute atomic E-state index is 0.0641. The summed E-state index contributed by atoms with van der Waals surface area (Å²) in [4.78, 5) is 7.02. The van der Waals surface area contributed by atoms with E-state index in [-0.39, 0.29) is 6.04 Å². The number of rotatable bonds is 2. The molecule has 0 saturated carbocycles. The average Bonchev–Trinajstić information content (AvgIpc) is 3.55. The van der Waals surface area contributed by atoms with Crippen molar-refractivity contribution < 1.29 is 4.42 Å². The Labute approximate surface area is 225 Å². The first-order valence-corrected chi connectivity index (χ1v) is 13.3. The third kappa shape index (κ3) is 2.78. The number of pyridine rings is 1. The minimum Gasteiger partial charge on any atom is -0.455 e. The Morgan fingerprint density at radius 3 is 2.49 bits per heavy atom. The number of anilines is 2. The molecule has 0 bridgehead atoms. The zero-order valence-electron chi connectivity index (χ0n) is 21.0. The topological polar surface area (TPSA) is 32.3 Å². The molecular weight excluding hydrogens is 478 g/mol. The predicted molar refractivity (Wildman–Crippen MR) is 159 cm³/mol. The molecule has 4 aromatic carbocycles. The number of nitrogens with zero attached hydrogens (tertiary/aromatic N) is 3. The molecule has 3 aliphatic rings. The molecule has 4 heterocycles. The summed E-state index contributed by atoms with van der Waals surface area (Å²) in [6.45, 7) is 0.